The lowest BCUT2D eigenvalue weighted by Gasteiger charge is -2.04. The third-order valence-corrected chi connectivity index (χ3v) is 3.10. The molecule has 0 aromatic carbocycles. The van der Waals surface area contributed by atoms with E-state index in [0.29, 0.717) is 19.6 Å². The van der Waals surface area contributed by atoms with Crippen molar-refractivity contribution in [1.82, 2.24) is 0 Å². The summed E-state index contributed by atoms with van der Waals surface area (Å²) in [6, 6.07) is 0. The second kappa shape index (κ2) is 14.5. The predicted octanol–water partition coefficient (Wildman–Crippen LogP) is 3.80. The van der Waals surface area contributed by atoms with Crippen LogP contribution in [0.5, 0.6) is 0 Å². The summed E-state index contributed by atoms with van der Waals surface area (Å²) in [6.45, 7) is 3.45. The molecule has 3 nitrogen and oxygen atoms in total. The van der Waals surface area contributed by atoms with Gasteiger partial charge in [-0.25, -0.2) is 0 Å². The number of nitrogens with two attached hydrogens (primary N) is 1. The van der Waals surface area contributed by atoms with Gasteiger partial charge < -0.3 is 10.5 Å². The highest BCUT2D eigenvalue weighted by molar-refractivity contribution is 5.69. The molecule has 0 heterocycles. The minimum absolute atomic E-state index is 0.0435. The van der Waals surface area contributed by atoms with Crippen LogP contribution >= 0.6 is 0 Å². The highest BCUT2D eigenvalue weighted by Crippen LogP contribution is 2.09. The van der Waals surface area contributed by atoms with Crippen molar-refractivity contribution in [2.24, 2.45) is 5.73 Å². The van der Waals surface area contributed by atoms with Crippen molar-refractivity contribution < 1.29 is 9.53 Å². The van der Waals surface area contributed by atoms with E-state index in [-0.39, 0.29) is 5.97 Å². The fraction of sp³-hybridized carbons (Fsp3) is 0.933. The standard InChI is InChI=1S/C15H31NO2/c1-2-3-4-5-6-7-8-9-12-15(17)18-14-11-10-13-16/h2-14,16H2,1H3. The van der Waals surface area contributed by atoms with E-state index in [2.05, 4.69) is 6.92 Å². The molecule has 0 amide bonds. The van der Waals surface area contributed by atoms with Crippen LogP contribution in [-0.4, -0.2) is 19.1 Å². The Kier molecular flexibility index (Phi) is 14.0. The Bertz CT molecular complexity index is 183. The predicted molar refractivity (Wildman–Crippen MR) is 76.5 cm³/mol. The minimum atomic E-state index is -0.0435. The van der Waals surface area contributed by atoms with Gasteiger partial charge in [-0.3, -0.25) is 4.79 Å². The maximum absolute atomic E-state index is 11.3. The normalized spacial score (nSPS) is 10.6. The molecule has 0 aliphatic rings. The van der Waals surface area contributed by atoms with Crippen LogP contribution in [0.25, 0.3) is 0 Å². The first-order valence-corrected chi connectivity index (χ1v) is 7.67. The quantitative estimate of drug-likeness (QED) is 0.403. The number of rotatable bonds is 13. The molecule has 0 saturated heterocycles. The zero-order valence-electron chi connectivity index (χ0n) is 12.1. The summed E-state index contributed by atoms with van der Waals surface area (Å²) < 4.78 is 5.11. The van der Waals surface area contributed by atoms with E-state index in [1.54, 1.807) is 0 Å². The molecule has 0 aliphatic heterocycles. The lowest BCUT2D eigenvalue weighted by Crippen LogP contribution is -2.07. The van der Waals surface area contributed by atoms with Crippen molar-refractivity contribution in [3.8, 4) is 0 Å². The molecule has 0 aromatic heterocycles. The molecule has 0 radical (unpaired) electrons. The molecule has 0 saturated carbocycles. The van der Waals surface area contributed by atoms with Gasteiger partial charge in [0.15, 0.2) is 0 Å². The highest BCUT2D eigenvalue weighted by atomic mass is 16.5. The van der Waals surface area contributed by atoms with Crippen LogP contribution in [0.4, 0.5) is 0 Å². The number of hydrogen-bond donors (Lipinski definition) is 1. The molecule has 108 valence electrons. The molecule has 3 heteroatoms. The summed E-state index contributed by atoms with van der Waals surface area (Å²) in [4.78, 5) is 11.3. The second-order valence-corrected chi connectivity index (χ2v) is 4.94. The molecule has 0 atom stereocenters. The second-order valence-electron chi connectivity index (χ2n) is 4.94. The van der Waals surface area contributed by atoms with Gasteiger partial charge in [0.1, 0.15) is 0 Å². The molecule has 0 unspecified atom stereocenters. The molecule has 0 fully saturated rings. The summed E-state index contributed by atoms with van der Waals surface area (Å²) in [5, 5.41) is 0. The summed E-state index contributed by atoms with van der Waals surface area (Å²) >= 11 is 0. The molecule has 0 bridgehead atoms. The molecule has 0 rings (SSSR count). The Labute approximate surface area is 112 Å². The molecule has 0 spiro atoms. The van der Waals surface area contributed by atoms with E-state index in [9.17, 15) is 4.79 Å². The first-order chi connectivity index (χ1) is 8.81. The SMILES string of the molecule is CCCCCCCCCCC(=O)OCCCCN. The topological polar surface area (TPSA) is 52.3 Å². The number of unbranched alkanes of at least 4 members (excludes halogenated alkanes) is 8. The molecular formula is C15H31NO2. The van der Waals surface area contributed by atoms with Gasteiger partial charge in [-0.2, -0.15) is 0 Å². The van der Waals surface area contributed by atoms with E-state index in [1.165, 1.54) is 38.5 Å². The minimum Gasteiger partial charge on any atom is -0.466 e. The Morgan fingerprint density at radius 1 is 0.889 bits per heavy atom. The molecule has 0 aliphatic carbocycles. The lowest BCUT2D eigenvalue weighted by atomic mass is 10.1. The number of ether oxygens (including phenoxy) is 1. The van der Waals surface area contributed by atoms with Gasteiger partial charge in [0.25, 0.3) is 0 Å². The van der Waals surface area contributed by atoms with Crippen LogP contribution < -0.4 is 5.73 Å². The van der Waals surface area contributed by atoms with Crippen LogP contribution in [-0.2, 0) is 9.53 Å². The maximum Gasteiger partial charge on any atom is 0.305 e. The van der Waals surface area contributed by atoms with Crippen molar-refractivity contribution in [3.05, 3.63) is 0 Å². The number of esters is 1. The Morgan fingerprint density at radius 3 is 2.11 bits per heavy atom. The zero-order valence-corrected chi connectivity index (χ0v) is 12.1. The van der Waals surface area contributed by atoms with Gasteiger partial charge in [-0.1, -0.05) is 51.9 Å². The van der Waals surface area contributed by atoms with Gasteiger partial charge in [0, 0.05) is 6.42 Å². The van der Waals surface area contributed by atoms with Gasteiger partial charge in [-0.05, 0) is 25.8 Å². The van der Waals surface area contributed by atoms with E-state index in [0.717, 1.165) is 25.7 Å². The summed E-state index contributed by atoms with van der Waals surface area (Å²) in [7, 11) is 0. The Hall–Kier alpha value is -0.570. The Morgan fingerprint density at radius 2 is 1.50 bits per heavy atom. The van der Waals surface area contributed by atoms with Crippen molar-refractivity contribution in [1.29, 1.82) is 0 Å². The monoisotopic (exact) mass is 257 g/mol. The molecular weight excluding hydrogens is 226 g/mol. The van der Waals surface area contributed by atoms with Crippen molar-refractivity contribution in [3.63, 3.8) is 0 Å². The van der Waals surface area contributed by atoms with Crippen LogP contribution in [0.3, 0.4) is 0 Å². The molecule has 0 aromatic rings. The van der Waals surface area contributed by atoms with Crippen molar-refractivity contribution >= 4 is 5.97 Å². The van der Waals surface area contributed by atoms with Gasteiger partial charge >= 0.3 is 5.97 Å². The Balaban J connectivity index is 3.10. The average molecular weight is 257 g/mol. The van der Waals surface area contributed by atoms with E-state index in [1.807, 2.05) is 0 Å². The van der Waals surface area contributed by atoms with Crippen LogP contribution in [0.1, 0.15) is 77.6 Å². The van der Waals surface area contributed by atoms with E-state index in [4.69, 9.17) is 10.5 Å². The summed E-state index contributed by atoms with van der Waals surface area (Å²) in [5.74, 6) is -0.0435. The van der Waals surface area contributed by atoms with Crippen molar-refractivity contribution in [2.45, 2.75) is 77.6 Å². The number of carbonyl (C=O) groups excluding carboxylic acids is 1. The van der Waals surface area contributed by atoms with E-state index >= 15 is 0 Å². The maximum atomic E-state index is 11.3. The van der Waals surface area contributed by atoms with Gasteiger partial charge in [-0.15, -0.1) is 0 Å². The molecule has 2 N–H and O–H groups in total. The third-order valence-electron chi connectivity index (χ3n) is 3.10. The summed E-state index contributed by atoms with van der Waals surface area (Å²) in [6.07, 6.45) is 12.5. The number of hydrogen-bond acceptors (Lipinski definition) is 3. The highest BCUT2D eigenvalue weighted by Gasteiger charge is 2.01. The van der Waals surface area contributed by atoms with Crippen molar-refractivity contribution in [2.75, 3.05) is 13.2 Å². The zero-order chi connectivity index (χ0) is 13.5. The third kappa shape index (κ3) is 13.5. The fourth-order valence-corrected chi connectivity index (χ4v) is 1.91. The van der Waals surface area contributed by atoms with Crippen LogP contribution in [0.15, 0.2) is 0 Å². The van der Waals surface area contributed by atoms with Crippen LogP contribution in [0.2, 0.25) is 0 Å². The van der Waals surface area contributed by atoms with Gasteiger partial charge in [0.05, 0.1) is 6.61 Å². The fourth-order valence-electron chi connectivity index (χ4n) is 1.91. The number of carbonyl (C=O) groups is 1. The average Bonchev–Trinajstić information content (AvgIpc) is 2.38. The molecule has 18 heavy (non-hydrogen) atoms. The first-order valence-electron chi connectivity index (χ1n) is 7.67. The van der Waals surface area contributed by atoms with E-state index < -0.39 is 0 Å². The summed E-state index contributed by atoms with van der Waals surface area (Å²) in [5.41, 5.74) is 5.36. The smallest absolute Gasteiger partial charge is 0.305 e. The van der Waals surface area contributed by atoms with Gasteiger partial charge in [0.2, 0.25) is 0 Å². The first kappa shape index (κ1) is 17.4. The largest absolute Gasteiger partial charge is 0.466 e. The van der Waals surface area contributed by atoms with Crippen LogP contribution in [0, 0.1) is 0 Å². The lowest BCUT2D eigenvalue weighted by molar-refractivity contribution is -0.143.